The normalized spacial score (nSPS) is 16.7. The number of ketones is 1. The summed E-state index contributed by atoms with van der Waals surface area (Å²) < 4.78 is 5.24. The van der Waals surface area contributed by atoms with E-state index in [2.05, 4.69) is 39.8 Å². The van der Waals surface area contributed by atoms with Gasteiger partial charge < -0.3 is 9.64 Å². The summed E-state index contributed by atoms with van der Waals surface area (Å²) in [7, 11) is 3.25. The molecule has 29 heavy (non-hydrogen) atoms. The van der Waals surface area contributed by atoms with Crippen LogP contribution in [0.3, 0.4) is 0 Å². The first-order chi connectivity index (χ1) is 13.4. The van der Waals surface area contributed by atoms with Crippen molar-refractivity contribution >= 4 is 11.9 Å². The molecule has 1 aliphatic carbocycles. The lowest BCUT2D eigenvalue weighted by Gasteiger charge is -2.42. The lowest BCUT2D eigenvalue weighted by molar-refractivity contribution is 0.103. The quantitative estimate of drug-likeness (QED) is 0.634. The summed E-state index contributed by atoms with van der Waals surface area (Å²) in [6.45, 7) is 11.1. The van der Waals surface area contributed by atoms with Crippen molar-refractivity contribution in [2.75, 3.05) is 14.1 Å². The molecule has 0 bridgehead atoms. The first-order valence-corrected chi connectivity index (χ1v) is 10.1. The van der Waals surface area contributed by atoms with Gasteiger partial charge in [0.2, 0.25) is 0 Å². The number of carbonyl (C=O) groups is 2. The van der Waals surface area contributed by atoms with Crippen LogP contribution in [0.1, 0.15) is 73.1 Å². The fourth-order valence-electron chi connectivity index (χ4n) is 3.99. The van der Waals surface area contributed by atoms with Gasteiger partial charge in [-0.15, -0.1) is 0 Å². The van der Waals surface area contributed by atoms with Gasteiger partial charge in [-0.25, -0.2) is 4.79 Å². The molecule has 0 unspecified atom stereocenters. The molecule has 0 spiro atoms. The Hall–Kier alpha value is -2.62. The van der Waals surface area contributed by atoms with Crippen LogP contribution in [0.5, 0.6) is 5.75 Å². The van der Waals surface area contributed by atoms with Gasteiger partial charge in [-0.2, -0.15) is 0 Å². The van der Waals surface area contributed by atoms with Gasteiger partial charge in [0.1, 0.15) is 5.75 Å². The Labute approximate surface area is 173 Å². The summed E-state index contributed by atoms with van der Waals surface area (Å²) >= 11 is 0. The van der Waals surface area contributed by atoms with Crippen LogP contribution in [-0.2, 0) is 10.8 Å². The van der Waals surface area contributed by atoms with E-state index in [9.17, 15) is 9.59 Å². The monoisotopic (exact) mass is 393 g/mol. The number of benzene rings is 2. The molecule has 4 heteroatoms. The molecule has 4 nitrogen and oxygen atoms in total. The smallest absolute Gasteiger partial charge is 0.410 e. The van der Waals surface area contributed by atoms with Crippen LogP contribution in [0.25, 0.3) is 0 Å². The fourth-order valence-corrected chi connectivity index (χ4v) is 3.99. The third-order valence-corrected chi connectivity index (χ3v) is 6.13. The van der Waals surface area contributed by atoms with Gasteiger partial charge in [-0.1, -0.05) is 33.8 Å². The van der Waals surface area contributed by atoms with Gasteiger partial charge in [0.15, 0.2) is 5.78 Å². The molecule has 0 saturated carbocycles. The molecule has 0 N–H and O–H groups in total. The predicted molar refractivity (Wildman–Crippen MR) is 116 cm³/mol. The minimum absolute atomic E-state index is 0.00466. The number of nitrogens with zero attached hydrogens (tertiary/aromatic N) is 1. The van der Waals surface area contributed by atoms with E-state index in [0.717, 1.165) is 24.0 Å². The zero-order valence-corrected chi connectivity index (χ0v) is 18.6. The number of fused-ring (bicyclic) bond motifs is 1. The Morgan fingerprint density at radius 2 is 1.41 bits per heavy atom. The average molecular weight is 394 g/mol. The van der Waals surface area contributed by atoms with E-state index < -0.39 is 6.09 Å². The van der Waals surface area contributed by atoms with Crippen LogP contribution >= 0.6 is 0 Å². The third-order valence-electron chi connectivity index (χ3n) is 6.13. The number of ether oxygens (including phenoxy) is 1. The summed E-state index contributed by atoms with van der Waals surface area (Å²) in [6.07, 6.45) is 1.81. The number of carbonyl (C=O) groups excluding carboxylic acids is 2. The van der Waals surface area contributed by atoms with E-state index in [1.165, 1.54) is 16.0 Å². The highest BCUT2D eigenvalue weighted by Crippen LogP contribution is 2.46. The van der Waals surface area contributed by atoms with Gasteiger partial charge in [0.25, 0.3) is 0 Å². The predicted octanol–water partition coefficient (Wildman–Crippen LogP) is 5.64. The molecule has 0 aromatic heterocycles. The molecule has 0 heterocycles. The second-order valence-corrected chi connectivity index (χ2v) is 9.60. The van der Waals surface area contributed by atoms with Crippen LogP contribution in [0.2, 0.25) is 0 Å². The molecular formula is C25H31NO3. The van der Waals surface area contributed by atoms with Crippen LogP contribution < -0.4 is 4.74 Å². The van der Waals surface area contributed by atoms with Crippen molar-refractivity contribution in [2.45, 2.75) is 58.3 Å². The topological polar surface area (TPSA) is 46.6 Å². The maximum Gasteiger partial charge on any atom is 0.414 e. The molecular weight excluding hydrogens is 362 g/mol. The number of hydrogen-bond acceptors (Lipinski definition) is 3. The second kappa shape index (κ2) is 7.33. The Kier molecular flexibility index (Phi) is 5.33. The number of rotatable bonds is 3. The van der Waals surface area contributed by atoms with E-state index in [0.29, 0.717) is 11.3 Å². The zero-order chi connectivity index (χ0) is 21.6. The van der Waals surface area contributed by atoms with Gasteiger partial charge in [0, 0.05) is 25.2 Å². The second-order valence-electron chi connectivity index (χ2n) is 9.60. The summed E-state index contributed by atoms with van der Waals surface area (Å²) in [5.41, 5.74) is 5.14. The molecule has 1 aliphatic rings. The highest BCUT2D eigenvalue weighted by molar-refractivity contribution is 6.10. The summed E-state index contributed by atoms with van der Waals surface area (Å²) in [5.74, 6) is 0.417. The average Bonchev–Trinajstić information content (AvgIpc) is 2.65. The number of amides is 1. The lowest BCUT2D eigenvalue weighted by atomic mass is 9.62. The Morgan fingerprint density at radius 1 is 0.897 bits per heavy atom. The molecule has 0 fully saturated rings. The summed E-state index contributed by atoms with van der Waals surface area (Å²) in [5, 5.41) is 0. The molecule has 0 radical (unpaired) electrons. The van der Waals surface area contributed by atoms with Crippen molar-refractivity contribution < 1.29 is 14.3 Å². The largest absolute Gasteiger partial charge is 0.414 e. The third kappa shape index (κ3) is 4.07. The van der Waals surface area contributed by atoms with E-state index in [1.807, 2.05) is 6.92 Å². The minimum atomic E-state index is -0.445. The zero-order valence-electron chi connectivity index (χ0n) is 18.6. The van der Waals surface area contributed by atoms with Crippen LogP contribution in [-0.4, -0.2) is 30.9 Å². The molecule has 0 aliphatic heterocycles. The van der Waals surface area contributed by atoms with E-state index in [-0.39, 0.29) is 16.6 Å². The highest BCUT2D eigenvalue weighted by atomic mass is 16.6. The van der Waals surface area contributed by atoms with Crippen molar-refractivity contribution in [3.8, 4) is 5.75 Å². The van der Waals surface area contributed by atoms with Gasteiger partial charge >= 0.3 is 6.09 Å². The van der Waals surface area contributed by atoms with Gasteiger partial charge in [-0.3, -0.25) is 4.79 Å². The first-order valence-electron chi connectivity index (χ1n) is 10.1. The highest BCUT2D eigenvalue weighted by Gasteiger charge is 2.37. The van der Waals surface area contributed by atoms with Crippen LogP contribution in [0.4, 0.5) is 4.79 Å². The van der Waals surface area contributed by atoms with Crippen LogP contribution in [0, 0.1) is 6.92 Å². The summed E-state index contributed by atoms with van der Waals surface area (Å²) in [6, 6.07) is 11.1. The Bertz CT molecular complexity index is 953. The SMILES string of the molecule is Cc1cc2c(cc1C(=O)c1ccc(OC(=O)N(C)C)cc1)C(C)(C)CCC2(C)C. The van der Waals surface area contributed by atoms with Gasteiger partial charge in [0.05, 0.1) is 0 Å². The van der Waals surface area contributed by atoms with Crippen molar-refractivity contribution in [1.82, 2.24) is 4.90 Å². The summed E-state index contributed by atoms with van der Waals surface area (Å²) in [4.78, 5) is 26.3. The van der Waals surface area contributed by atoms with Crippen LogP contribution in [0.15, 0.2) is 36.4 Å². The molecule has 1 amide bonds. The lowest BCUT2D eigenvalue weighted by Crippen LogP contribution is -2.34. The van der Waals surface area contributed by atoms with Gasteiger partial charge in [-0.05, 0) is 77.6 Å². The molecule has 154 valence electrons. The number of hydrogen-bond donors (Lipinski definition) is 0. The maximum absolute atomic E-state index is 13.3. The maximum atomic E-state index is 13.3. The Balaban J connectivity index is 1.95. The first kappa shape index (κ1) is 21.1. The number of aryl methyl sites for hydroxylation is 1. The van der Waals surface area contributed by atoms with Crippen molar-refractivity contribution in [3.05, 3.63) is 64.2 Å². The molecule has 2 aromatic carbocycles. The van der Waals surface area contributed by atoms with Crippen molar-refractivity contribution in [3.63, 3.8) is 0 Å². The van der Waals surface area contributed by atoms with Crippen molar-refractivity contribution in [1.29, 1.82) is 0 Å². The van der Waals surface area contributed by atoms with Crippen molar-refractivity contribution in [2.24, 2.45) is 0 Å². The minimum Gasteiger partial charge on any atom is -0.410 e. The molecule has 0 atom stereocenters. The molecule has 0 saturated heterocycles. The van der Waals surface area contributed by atoms with E-state index in [4.69, 9.17) is 4.74 Å². The fraction of sp³-hybridized carbons (Fsp3) is 0.440. The van der Waals surface area contributed by atoms with E-state index >= 15 is 0 Å². The molecule has 3 rings (SSSR count). The van der Waals surface area contributed by atoms with E-state index in [1.54, 1.807) is 38.4 Å². The molecule has 2 aromatic rings. The standard InChI is InChI=1S/C25H31NO3/c1-16-14-20-21(25(4,5)13-12-24(20,2)3)15-19(16)22(27)17-8-10-18(11-9-17)29-23(28)26(6)7/h8-11,14-15H,12-13H2,1-7H3. The Morgan fingerprint density at radius 3 is 1.93 bits per heavy atom.